The zero-order valence-electron chi connectivity index (χ0n) is 35.2. The number of ether oxygens (including phenoxy) is 6. The largest absolute Gasteiger partial charge is 0.493 e. The van der Waals surface area contributed by atoms with Crippen LogP contribution in [0.25, 0.3) is 22.2 Å². The number of nitrogens with one attached hydrogen (secondary N) is 2. The van der Waals surface area contributed by atoms with Crippen LogP contribution in [0.5, 0.6) is 34.5 Å². The van der Waals surface area contributed by atoms with Gasteiger partial charge in [0.2, 0.25) is 0 Å². The molecule has 0 aliphatic carbocycles. The zero-order chi connectivity index (χ0) is 46.0. The Morgan fingerprint density at radius 3 is 2.00 bits per heavy atom. The minimum atomic E-state index is -0.657. The number of benzene rings is 3. The Labute approximate surface area is 375 Å². The van der Waals surface area contributed by atoms with Crippen molar-refractivity contribution in [3.8, 4) is 45.8 Å². The second-order valence-corrected chi connectivity index (χ2v) is 14.8. The van der Waals surface area contributed by atoms with Crippen molar-refractivity contribution in [2.75, 3.05) is 60.5 Å². The number of aromatic nitrogens is 3. The summed E-state index contributed by atoms with van der Waals surface area (Å²) in [5.41, 5.74) is 4.09. The molecule has 18 heteroatoms. The number of methoxy groups -OCH3 is 2. The second kappa shape index (κ2) is 21.0. The van der Waals surface area contributed by atoms with E-state index in [4.69, 9.17) is 40.0 Å². The number of amides is 1. The quantitative estimate of drug-likeness (QED) is 0.0626. The predicted molar refractivity (Wildman–Crippen MR) is 233 cm³/mol. The van der Waals surface area contributed by atoms with Gasteiger partial charge in [0, 0.05) is 65.1 Å². The SMILES string of the molecule is COc1cc(C(=O)CCC(=O)c2cc3c(c(Cl)n2)OCC3)ccc1OCCF.COc1cc(C(=O)NCC(=O)c2cc3c(c(-c4c[nH]c5c(F)cccc45)n2)OCC3)ccc1OCCF. The average molecular weight is 915 g/mol. The van der Waals surface area contributed by atoms with Crippen LogP contribution in [0.1, 0.15) is 65.7 Å². The molecule has 2 aliphatic heterocycles. The van der Waals surface area contributed by atoms with Gasteiger partial charge in [0.25, 0.3) is 5.91 Å². The summed E-state index contributed by atoms with van der Waals surface area (Å²) in [6.45, 7) is -0.851. The van der Waals surface area contributed by atoms with Crippen LogP contribution in [-0.4, -0.2) is 98.7 Å². The number of rotatable bonds is 18. The average Bonchev–Trinajstić information content (AvgIpc) is 4.12. The molecule has 0 fully saturated rings. The molecule has 0 unspecified atom stereocenters. The lowest BCUT2D eigenvalue weighted by Gasteiger charge is -2.12. The van der Waals surface area contributed by atoms with Crippen molar-refractivity contribution in [3.63, 3.8) is 0 Å². The number of halogens is 4. The summed E-state index contributed by atoms with van der Waals surface area (Å²) in [5.74, 6) is 0.572. The molecular weight excluding hydrogens is 873 g/mol. The Morgan fingerprint density at radius 1 is 0.738 bits per heavy atom. The minimum Gasteiger partial charge on any atom is -0.493 e. The van der Waals surface area contributed by atoms with Crippen LogP contribution in [0, 0.1) is 5.82 Å². The van der Waals surface area contributed by atoms with E-state index in [0.29, 0.717) is 82.5 Å². The van der Waals surface area contributed by atoms with Gasteiger partial charge in [-0.15, -0.1) is 0 Å². The van der Waals surface area contributed by atoms with E-state index in [-0.39, 0.29) is 72.0 Å². The number of alkyl halides is 2. The summed E-state index contributed by atoms with van der Waals surface area (Å²) in [5, 5.41) is 3.38. The van der Waals surface area contributed by atoms with Crippen LogP contribution in [0.4, 0.5) is 13.2 Å². The Kier molecular flexibility index (Phi) is 14.8. The van der Waals surface area contributed by atoms with Crippen molar-refractivity contribution in [2.24, 2.45) is 0 Å². The lowest BCUT2D eigenvalue weighted by atomic mass is 10.0. The minimum absolute atomic E-state index is 0.00419. The van der Waals surface area contributed by atoms with E-state index in [2.05, 4.69) is 20.3 Å². The molecule has 2 aliphatic rings. The highest BCUT2D eigenvalue weighted by atomic mass is 35.5. The fourth-order valence-electron chi connectivity index (χ4n) is 7.17. The molecule has 338 valence electrons. The van der Waals surface area contributed by atoms with Crippen molar-refractivity contribution in [1.29, 1.82) is 0 Å². The van der Waals surface area contributed by atoms with E-state index in [9.17, 15) is 32.3 Å². The van der Waals surface area contributed by atoms with Gasteiger partial charge in [-0.25, -0.2) is 23.1 Å². The van der Waals surface area contributed by atoms with Gasteiger partial charge in [0.05, 0.1) is 39.5 Å². The third-order valence-electron chi connectivity index (χ3n) is 10.4. The molecule has 0 spiro atoms. The molecule has 2 N–H and O–H groups in total. The molecule has 0 saturated carbocycles. The summed E-state index contributed by atoms with van der Waals surface area (Å²) in [4.78, 5) is 62.2. The number of hydrogen-bond acceptors (Lipinski definition) is 12. The number of pyridine rings is 2. The van der Waals surface area contributed by atoms with E-state index in [1.807, 2.05) is 0 Å². The van der Waals surface area contributed by atoms with E-state index < -0.39 is 30.9 Å². The van der Waals surface area contributed by atoms with Gasteiger partial charge < -0.3 is 38.7 Å². The first kappa shape index (κ1) is 45.9. The lowest BCUT2D eigenvalue weighted by Crippen LogP contribution is -2.30. The smallest absolute Gasteiger partial charge is 0.251 e. The van der Waals surface area contributed by atoms with Crippen LogP contribution < -0.4 is 33.7 Å². The maximum Gasteiger partial charge on any atom is 0.251 e. The van der Waals surface area contributed by atoms with E-state index in [1.165, 1.54) is 44.6 Å². The lowest BCUT2D eigenvalue weighted by molar-refractivity contribution is 0.0902. The summed E-state index contributed by atoms with van der Waals surface area (Å²) in [7, 11) is 2.84. The molecule has 6 aromatic rings. The molecule has 3 aromatic heterocycles. The molecular formula is C47H42ClF3N4O10. The summed E-state index contributed by atoms with van der Waals surface area (Å²) in [6, 6.07) is 17.1. The number of carbonyl (C=O) groups excluding carboxylic acids is 4. The van der Waals surface area contributed by atoms with Gasteiger partial charge in [-0.1, -0.05) is 23.7 Å². The number of fused-ring (bicyclic) bond motifs is 3. The number of aromatic amines is 1. The Morgan fingerprint density at radius 2 is 1.34 bits per heavy atom. The normalized spacial score (nSPS) is 12.2. The number of ketones is 3. The molecule has 0 atom stereocenters. The van der Waals surface area contributed by atoms with Crippen LogP contribution in [0.2, 0.25) is 5.15 Å². The summed E-state index contributed by atoms with van der Waals surface area (Å²) >= 11 is 6.06. The topological polar surface area (TPSA) is 177 Å². The van der Waals surface area contributed by atoms with Crippen LogP contribution in [-0.2, 0) is 12.8 Å². The van der Waals surface area contributed by atoms with Gasteiger partial charge >= 0.3 is 0 Å². The highest BCUT2D eigenvalue weighted by Crippen LogP contribution is 2.40. The maximum atomic E-state index is 14.2. The van der Waals surface area contributed by atoms with Crippen LogP contribution >= 0.6 is 11.6 Å². The summed E-state index contributed by atoms with van der Waals surface area (Å²) in [6.07, 6.45) is 2.93. The third kappa shape index (κ3) is 10.5. The van der Waals surface area contributed by atoms with Gasteiger partial charge in [-0.05, 0) is 54.6 Å². The fourth-order valence-corrected chi connectivity index (χ4v) is 7.44. The number of nitrogens with zero attached hydrogens (tertiary/aromatic N) is 2. The Bertz CT molecular complexity index is 2770. The first-order valence-electron chi connectivity index (χ1n) is 20.4. The fraction of sp³-hybridized carbons (Fsp3) is 0.277. The number of H-pyrrole nitrogens is 1. The van der Waals surface area contributed by atoms with Crippen molar-refractivity contribution >= 4 is 45.8 Å². The monoisotopic (exact) mass is 914 g/mol. The molecule has 0 bridgehead atoms. The first-order chi connectivity index (χ1) is 31.5. The number of carbonyl (C=O) groups is 4. The molecule has 8 rings (SSSR count). The Balaban J connectivity index is 0.000000202. The molecule has 3 aromatic carbocycles. The van der Waals surface area contributed by atoms with Gasteiger partial charge in [0.15, 0.2) is 51.3 Å². The van der Waals surface area contributed by atoms with Gasteiger partial charge in [-0.2, -0.15) is 0 Å². The highest BCUT2D eigenvalue weighted by molar-refractivity contribution is 6.31. The van der Waals surface area contributed by atoms with Crippen molar-refractivity contribution < 1.29 is 60.8 Å². The van der Waals surface area contributed by atoms with Crippen molar-refractivity contribution in [2.45, 2.75) is 25.7 Å². The summed E-state index contributed by atoms with van der Waals surface area (Å²) < 4.78 is 70.9. The zero-order valence-corrected chi connectivity index (χ0v) is 36.0. The van der Waals surface area contributed by atoms with Crippen LogP contribution in [0.3, 0.4) is 0 Å². The number of para-hydroxylation sites is 1. The van der Waals surface area contributed by atoms with Crippen LogP contribution in [0.15, 0.2) is 72.9 Å². The molecule has 0 saturated heterocycles. The van der Waals surface area contributed by atoms with Crippen molar-refractivity contribution in [3.05, 3.63) is 118 Å². The predicted octanol–water partition coefficient (Wildman–Crippen LogP) is 8.15. The molecule has 65 heavy (non-hydrogen) atoms. The third-order valence-corrected chi connectivity index (χ3v) is 10.6. The van der Waals surface area contributed by atoms with Gasteiger partial charge in [-0.3, -0.25) is 19.2 Å². The maximum absolute atomic E-state index is 14.2. The van der Waals surface area contributed by atoms with Crippen molar-refractivity contribution in [1.82, 2.24) is 20.3 Å². The molecule has 5 heterocycles. The second-order valence-electron chi connectivity index (χ2n) is 14.5. The number of hydrogen-bond donors (Lipinski definition) is 2. The highest BCUT2D eigenvalue weighted by Gasteiger charge is 2.26. The van der Waals surface area contributed by atoms with E-state index in [1.54, 1.807) is 42.6 Å². The van der Waals surface area contributed by atoms with E-state index >= 15 is 0 Å². The molecule has 0 radical (unpaired) electrons. The van der Waals surface area contributed by atoms with E-state index in [0.717, 1.165) is 11.1 Å². The molecule has 1 amide bonds. The first-order valence-corrected chi connectivity index (χ1v) is 20.8. The Hall–Kier alpha value is -7.14. The molecule has 14 nitrogen and oxygen atoms in total. The standard InChI is InChI=1S/C27H23F2N3O5.C20H19ClFNO5/c1-35-23-12-16(5-6-22(23)36-10-8-28)27(34)31-14-21(33)20-11-15-7-9-37-26(15)25(32-20)18-13-30-24-17(18)3-2-4-19(24)29;1-26-18-11-12(2-5-17(18)27-9-7-22)15(24)3-4-16(25)14-10-13-6-8-28-19(13)20(21)23-14/h2-6,11-13,30H,7-10,14H2,1H3,(H,31,34);2,5,10-11H,3-4,6-9H2,1H3. The van der Waals surface area contributed by atoms with Gasteiger partial charge in [0.1, 0.15) is 55.2 Å². The number of Topliss-reactive ketones (excluding diaryl/α,β-unsaturated/α-hetero) is 3.